The lowest BCUT2D eigenvalue weighted by Gasteiger charge is -2.41. The summed E-state index contributed by atoms with van der Waals surface area (Å²) in [5.41, 5.74) is 0.673. The standard InChI is InChI=1S/C30H42N6O6/c1-29(2,17-30(3,4)18-34-12-14-35(19-37)15-13-34)10-11-31-24(39)16-32-21-7-5-6-20-25(21)28(42)36(27(20)41)22-8-9-23(38)33-26(22)40/h5-7,19,22,32H,8-18H2,1-4H3,(H,31,39)(H,33,38,40). The molecule has 0 bridgehead atoms. The Morgan fingerprint density at radius 2 is 1.74 bits per heavy atom. The zero-order chi connectivity index (χ0) is 30.7. The molecule has 0 aromatic heterocycles. The van der Waals surface area contributed by atoms with Crippen molar-refractivity contribution in [2.24, 2.45) is 10.8 Å². The first kappa shape index (κ1) is 31.1. The number of amides is 6. The van der Waals surface area contributed by atoms with Gasteiger partial charge in [-0.1, -0.05) is 33.8 Å². The highest BCUT2D eigenvalue weighted by Gasteiger charge is 2.45. The maximum Gasteiger partial charge on any atom is 0.264 e. The lowest BCUT2D eigenvalue weighted by Crippen LogP contribution is -2.54. The maximum absolute atomic E-state index is 13.2. The van der Waals surface area contributed by atoms with Crippen LogP contribution in [0.3, 0.4) is 0 Å². The molecular weight excluding hydrogens is 540 g/mol. The van der Waals surface area contributed by atoms with Gasteiger partial charge in [-0.05, 0) is 42.2 Å². The minimum Gasteiger partial charge on any atom is -0.375 e. The zero-order valence-corrected chi connectivity index (χ0v) is 25.0. The summed E-state index contributed by atoms with van der Waals surface area (Å²) < 4.78 is 0. The second kappa shape index (κ2) is 12.6. The van der Waals surface area contributed by atoms with Crippen molar-refractivity contribution in [3.63, 3.8) is 0 Å². The number of carbonyl (C=O) groups excluding carboxylic acids is 6. The van der Waals surface area contributed by atoms with Gasteiger partial charge in [0.2, 0.25) is 24.1 Å². The van der Waals surface area contributed by atoms with Crippen molar-refractivity contribution in [3.05, 3.63) is 29.3 Å². The number of imide groups is 2. The topological polar surface area (TPSA) is 148 Å². The molecule has 4 rings (SSSR count). The smallest absolute Gasteiger partial charge is 0.264 e. The molecule has 228 valence electrons. The Bertz CT molecular complexity index is 1250. The summed E-state index contributed by atoms with van der Waals surface area (Å²) in [6.45, 7) is 13.6. The van der Waals surface area contributed by atoms with Crippen LogP contribution in [0, 0.1) is 10.8 Å². The van der Waals surface area contributed by atoms with Crippen molar-refractivity contribution < 1.29 is 28.8 Å². The second-order valence-electron chi connectivity index (χ2n) is 13.1. The van der Waals surface area contributed by atoms with Crippen LogP contribution in [0.2, 0.25) is 0 Å². The maximum atomic E-state index is 13.2. The van der Waals surface area contributed by atoms with Gasteiger partial charge >= 0.3 is 0 Å². The zero-order valence-electron chi connectivity index (χ0n) is 25.0. The molecule has 0 radical (unpaired) electrons. The van der Waals surface area contributed by atoms with Gasteiger partial charge in [0, 0.05) is 51.4 Å². The highest BCUT2D eigenvalue weighted by atomic mass is 16.2. The number of anilines is 1. The number of hydrogen-bond acceptors (Lipinski definition) is 8. The molecule has 6 amide bonds. The molecule has 3 aliphatic rings. The van der Waals surface area contributed by atoms with E-state index in [1.807, 2.05) is 4.90 Å². The number of fused-ring (bicyclic) bond motifs is 1. The summed E-state index contributed by atoms with van der Waals surface area (Å²) in [5.74, 6) is -2.55. The third-order valence-electron chi connectivity index (χ3n) is 8.20. The molecule has 1 atom stereocenters. The van der Waals surface area contributed by atoms with E-state index in [4.69, 9.17) is 0 Å². The second-order valence-corrected chi connectivity index (χ2v) is 13.1. The molecule has 12 heteroatoms. The number of benzene rings is 1. The van der Waals surface area contributed by atoms with Crippen LogP contribution in [0.5, 0.6) is 0 Å². The van der Waals surface area contributed by atoms with Crippen LogP contribution in [-0.4, -0.2) is 103 Å². The fourth-order valence-corrected chi connectivity index (χ4v) is 6.51. The summed E-state index contributed by atoms with van der Waals surface area (Å²) >= 11 is 0. The van der Waals surface area contributed by atoms with Crippen LogP contribution >= 0.6 is 0 Å². The van der Waals surface area contributed by atoms with E-state index in [-0.39, 0.29) is 47.3 Å². The number of rotatable bonds is 12. The van der Waals surface area contributed by atoms with Gasteiger partial charge in [0.1, 0.15) is 6.04 Å². The van der Waals surface area contributed by atoms with E-state index in [1.165, 1.54) is 6.07 Å². The molecule has 12 nitrogen and oxygen atoms in total. The Labute approximate surface area is 246 Å². The minimum atomic E-state index is -1.05. The van der Waals surface area contributed by atoms with Crippen molar-refractivity contribution in [3.8, 4) is 0 Å². The summed E-state index contributed by atoms with van der Waals surface area (Å²) in [4.78, 5) is 78.9. The van der Waals surface area contributed by atoms with E-state index in [1.54, 1.807) is 12.1 Å². The number of carbonyl (C=O) groups is 6. The van der Waals surface area contributed by atoms with Gasteiger partial charge in [-0.25, -0.2) is 0 Å². The Kier molecular flexibility index (Phi) is 9.34. The van der Waals surface area contributed by atoms with E-state index >= 15 is 0 Å². The summed E-state index contributed by atoms with van der Waals surface area (Å²) in [7, 11) is 0. The third kappa shape index (κ3) is 7.33. The predicted octanol–water partition coefficient (Wildman–Crippen LogP) is 1.22. The quantitative estimate of drug-likeness (QED) is 0.246. The van der Waals surface area contributed by atoms with E-state index in [0.29, 0.717) is 12.2 Å². The Morgan fingerprint density at radius 3 is 2.40 bits per heavy atom. The van der Waals surface area contributed by atoms with Crippen molar-refractivity contribution in [2.75, 3.05) is 51.1 Å². The number of nitrogens with zero attached hydrogens (tertiary/aromatic N) is 3. The molecule has 0 spiro atoms. The number of hydrogen-bond donors (Lipinski definition) is 3. The molecule has 0 aliphatic carbocycles. The number of piperazine rings is 1. The highest BCUT2D eigenvalue weighted by molar-refractivity contribution is 6.25. The van der Waals surface area contributed by atoms with Gasteiger partial charge in [0.05, 0.1) is 17.7 Å². The Morgan fingerprint density at radius 1 is 1.02 bits per heavy atom. The SMILES string of the molecule is CC(C)(CCNC(=O)CNc1cccc2c1C(=O)N(C1CCC(=O)NC1=O)C2=O)CC(C)(C)CN1CCN(C=O)CC1. The first-order valence-corrected chi connectivity index (χ1v) is 14.6. The summed E-state index contributed by atoms with van der Waals surface area (Å²) in [6, 6.07) is 3.70. The Hall–Kier alpha value is -3.80. The molecule has 3 N–H and O–H groups in total. The van der Waals surface area contributed by atoms with Crippen molar-refractivity contribution in [1.82, 2.24) is 25.3 Å². The van der Waals surface area contributed by atoms with E-state index < -0.39 is 29.7 Å². The van der Waals surface area contributed by atoms with Gasteiger partial charge < -0.3 is 15.5 Å². The lowest BCUT2D eigenvalue weighted by atomic mass is 9.73. The highest BCUT2D eigenvalue weighted by Crippen LogP contribution is 2.37. The molecule has 3 aliphatic heterocycles. The molecular formula is C30H42N6O6. The fourth-order valence-electron chi connectivity index (χ4n) is 6.51. The van der Waals surface area contributed by atoms with Crippen molar-refractivity contribution >= 4 is 41.6 Å². The van der Waals surface area contributed by atoms with Crippen LogP contribution in [-0.2, 0) is 19.2 Å². The van der Waals surface area contributed by atoms with Crippen LogP contribution in [0.25, 0.3) is 0 Å². The molecule has 1 aromatic carbocycles. The van der Waals surface area contributed by atoms with Gasteiger partial charge in [-0.2, -0.15) is 0 Å². The molecule has 1 aromatic rings. The third-order valence-corrected chi connectivity index (χ3v) is 8.20. The largest absolute Gasteiger partial charge is 0.375 e. The molecule has 1 unspecified atom stereocenters. The van der Waals surface area contributed by atoms with Crippen LogP contribution in [0.1, 0.15) is 74.1 Å². The lowest BCUT2D eigenvalue weighted by molar-refractivity contribution is -0.136. The van der Waals surface area contributed by atoms with Gasteiger partial charge in [0.15, 0.2) is 0 Å². The average molecular weight is 583 g/mol. The summed E-state index contributed by atoms with van der Waals surface area (Å²) in [6.07, 6.45) is 2.80. The van der Waals surface area contributed by atoms with E-state index in [2.05, 4.69) is 48.5 Å². The van der Waals surface area contributed by atoms with Crippen LogP contribution in [0.4, 0.5) is 5.69 Å². The number of nitrogens with one attached hydrogen (secondary N) is 3. The van der Waals surface area contributed by atoms with E-state index in [9.17, 15) is 28.8 Å². The minimum absolute atomic E-state index is 0.0126. The molecule has 2 saturated heterocycles. The number of piperidine rings is 1. The first-order valence-electron chi connectivity index (χ1n) is 14.6. The molecule has 3 heterocycles. The molecule has 0 saturated carbocycles. The van der Waals surface area contributed by atoms with Gasteiger partial charge in [-0.3, -0.25) is 43.9 Å². The summed E-state index contributed by atoms with van der Waals surface area (Å²) in [5, 5.41) is 8.11. The first-order chi connectivity index (χ1) is 19.8. The normalized spacial score (nSPS) is 20.0. The predicted molar refractivity (Wildman–Crippen MR) is 155 cm³/mol. The van der Waals surface area contributed by atoms with Crippen LogP contribution < -0.4 is 16.0 Å². The van der Waals surface area contributed by atoms with Crippen molar-refractivity contribution in [2.45, 2.75) is 59.4 Å². The Balaban J connectivity index is 1.26. The van der Waals surface area contributed by atoms with Crippen molar-refractivity contribution in [1.29, 1.82) is 0 Å². The average Bonchev–Trinajstić information content (AvgIpc) is 3.17. The monoisotopic (exact) mass is 582 g/mol. The fraction of sp³-hybridized carbons (Fsp3) is 0.600. The van der Waals surface area contributed by atoms with E-state index in [0.717, 1.165) is 56.9 Å². The molecule has 2 fully saturated rings. The van der Waals surface area contributed by atoms with Crippen LogP contribution in [0.15, 0.2) is 18.2 Å². The molecule has 42 heavy (non-hydrogen) atoms. The van der Waals surface area contributed by atoms with Gasteiger partial charge in [-0.15, -0.1) is 0 Å². The van der Waals surface area contributed by atoms with Gasteiger partial charge in [0.25, 0.3) is 11.8 Å².